The molecule has 3 aromatic rings. The summed E-state index contributed by atoms with van der Waals surface area (Å²) < 4.78 is 9.40. The Morgan fingerprint density at radius 3 is 2.59 bits per heavy atom. The van der Waals surface area contributed by atoms with Crippen LogP contribution in [-0.4, -0.2) is 39.7 Å². The predicted octanol–water partition coefficient (Wildman–Crippen LogP) is 4.21. The molecule has 5 nitrogen and oxygen atoms in total. The van der Waals surface area contributed by atoms with Gasteiger partial charge in [-0.15, -0.1) is 11.3 Å². The van der Waals surface area contributed by atoms with E-state index in [1.54, 1.807) is 10.9 Å². The summed E-state index contributed by atoms with van der Waals surface area (Å²) >= 11 is 4.84. The van der Waals surface area contributed by atoms with E-state index in [2.05, 4.69) is 32.9 Å². The van der Waals surface area contributed by atoms with E-state index in [0.29, 0.717) is 16.8 Å². The molecule has 2 fully saturated rings. The van der Waals surface area contributed by atoms with Crippen molar-refractivity contribution in [3.63, 3.8) is 0 Å². The highest BCUT2D eigenvalue weighted by atomic mass is 79.9. The van der Waals surface area contributed by atoms with Gasteiger partial charge in [-0.1, -0.05) is 0 Å². The zero-order chi connectivity index (χ0) is 18.5. The first kappa shape index (κ1) is 17.4. The van der Waals surface area contributed by atoms with Crippen molar-refractivity contribution in [1.29, 1.82) is 0 Å². The van der Waals surface area contributed by atoms with Gasteiger partial charge < -0.3 is 9.64 Å². The monoisotopic (exact) mass is 445 g/mol. The summed E-state index contributed by atoms with van der Waals surface area (Å²) in [5.41, 5.74) is 1.48. The summed E-state index contributed by atoms with van der Waals surface area (Å²) in [5, 5.41) is 0. The van der Waals surface area contributed by atoms with Crippen LogP contribution in [0.1, 0.15) is 25.7 Å². The molecular weight excluding hydrogens is 426 g/mol. The molecule has 0 saturated carbocycles. The fraction of sp³-hybridized carbons (Fsp3) is 0.400. The summed E-state index contributed by atoms with van der Waals surface area (Å²) in [5.74, 6) is 0.869. The van der Waals surface area contributed by atoms with Gasteiger partial charge in [0.05, 0.1) is 15.0 Å². The number of rotatable bonds is 3. The summed E-state index contributed by atoms with van der Waals surface area (Å²) in [6, 6.07) is 11.0. The second-order valence-electron chi connectivity index (χ2n) is 7.44. The second-order valence-corrected chi connectivity index (χ2v) is 9.87. The van der Waals surface area contributed by atoms with Gasteiger partial charge >= 0.3 is 0 Å². The number of hydrogen-bond donors (Lipinski definition) is 0. The second kappa shape index (κ2) is 6.72. The Kier molecular flexibility index (Phi) is 4.33. The SMILES string of the molecule is CN1[C@@H]2CC[C@H]1CC(Oc1ccc(-n3cnc4cc(Br)sc4c3=O)cc1)C2. The van der Waals surface area contributed by atoms with Gasteiger partial charge in [0.2, 0.25) is 0 Å². The van der Waals surface area contributed by atoms with Gasteiger partial charge in [-0.3, -0.25) is 9.36 Å². The van der Waals surface area contributed by atoms with Gasteiger partial charge in [-0.2, -0.15) is 0 Å². The maximum Gasteiger partial charge on any atom is 0.275 e. The molecule has 0 N–H and O–H groups in total. The highest BCUT2D eigenvalue weighted by Gasteiger charge is 2.39. The smallest absolute Gasteiger partial charge is 0.275 e. The van der Waals surface area contributed by atoms with Gasteiger partial charge in [0.25, 0.3) is 5.56 Å². The van der Waals surface area contributed by atoms with Crippen molar-refractivity contribution >= 4 is 37.5 Å². The highest BCUT2D eigenvalue weighted by Crippen LogP contribution is 2.36. The molecule has 1 aromatic carbocycles. The van der Waals surface area contributed by atoms with Crippen LogP contribution in [0, 0.1) is 0 Å². The molecule has 4 heterocycles. The Balaban J connectivity index is 1.36. The first-order valence-electron chi connectivity index (χ1n) is 9.24. The van der Waals surface area contributed by atoms with E-state index in [9.17, 15) is 4.79 Å². The Labute approximate surface area is 169 Å². The zero-order valence-corrected chi connectivity index (χ0v) is 17.4. The Hall–Kier alpha value is -1.70. The summed E-state index contributed by atoms with van der Waals surface area (Å²) in [4.78, 5) is 19.6. The number of halogens is 1. The van der Waals surface area contributed by atoms with Crippen molar-refractivity contribution < 1.29 is 4.74 Å². The number of aromatic nitrogens is 2. The van der Waals surface area contributed by atoms with E-state index in [0.717, 1.165) is 33.6 Å². The molecule has 7 heteroatoms. The molecule has 5 rings (SSSR count). The van der Waals surface area contributed by atoms with Crippen molar-refractivity contribution in [1.82, 2.24) is 14.5 Å². The van der Waals surface area contributed by atoms with E-state index in [-0.39, 0.29) is 11.7 Å². The van der Waals surface area contributed by atoms with E-state index in [1.807, 2.05) is 30.3 Å². The largest absolute Gasteiger partial charge is 0.490 e. The molecule has 27 heavy (non-hydrogen) atoms. The van der Waals surface area contributed by atoms with Crippen LogP contribution >= 0.6 is 27.3 Å². The Morgan fingerprint density at radius 2 is 1.89 bits per heavy atom. The third kappa shape index (κ3) is 3.11. The number of hydrogen-bond acceptors (Lipinski definition) is 5. The van der Waals surface area contributed by atoms with Crippen molar-refractivity contribution in [3.05, 3.63) is 50.8 Å². The lowest BCUT2D eigenvalue weighted by molar-refractivity contribution is 0.0662. The summed E-state index contributed by atoms with van der Waals surface area (Å²) in [7, 11) is 2.24. The number of piperidine rings is 1. The van der Waals surface area contributed by atoms with Gasteiger partial charge in [0, 0.05) is 12.1 Å². The Morgan fingerprint density at radius 1 is 1.19 bits per heavy atom. The fourth-order valence-corrected chi connectivity index (χ4v) is 5.87. The quantitative estimate of drug-likeness (QED) is 0.605. The number of thiophene rings is 1. The Bertz CT molecular complexity index is 1030. The first-order valence-corrected chi connectivity index (χ1v) is 10.8. The molecule has 2 aliphatic heterocycles. The third-order valence-corrected chi connectivity index (χ3v) is 7.50. The van der Waals surface area contributed by atoms with Gasteiger partial charge in [0.1, 0.15) is 22.9 Å². The average molecular weight is 446 g/mol. The molecule has 140 valence electrons. The normalized spacial score (nSPS) is 25.2. The number of ether oxygens (including phenoxy) is 1. The van der Waals surface area contributed by atoms with Crippen LogP contribution in [0.5, 0.6) is 5.75 Å². The highest BCUT2D eigenvalue weighted by molar-refractivity contribution is 9.11. The zero-order valence-electron chi connectivity index (χ0n) is 15.0. The topological polar surface area (TPSA) is 47.4 Å². The van der Waals surface area contributed by atoms with Gasteiger partial charge in [-0.25, -0.2) is 4.98 Å². The predicted molar refractivity (Wildman–Crippen MR) is 111 cm³/mol. The van der Waals surface area contributed by atoms with Crippen molar-refractivity contribution in [2.75, 3.05) is 7.05 Å². The van der Waals surface area contributed by atoms with Crippen LogP contribution in [-0.2, 0) is 0 Å². The molecule has 2 bridgehead atoms. The average Bonchev–Trinajstić information content (AvgIpc) is 3.12. The lowest BCUT2D eigenvalue weighted by atomic mass is 10.0. The van der Waals surface area contributed by atoms with E-state index >= 15 is 0 Å². The molecule has 0 radical (unpaired) electrons. The van der Waals surface area contributed by atoms with E-state index in [4.69, 9.17) is 4.74 Å². The van der Waals surface area contributed by atoms with Crippen LogP contribution in [0.2, 0.25) is 0 Å². The molecule has 0 spiro atoms. The lowest BCUT2D eigenvalue weighted by Gasteiger charge is -2.36. The minimum absolute atomic E-state index is 0.0451. The molecular formula is C20H20BrN3O2S. The van der Waals surface area contributed by atoms with Crippen molar-refractivity contribution in [2.45, 2.75) is 43.9 Å². The summed E-state index contributed by atoms with van der Waals surface area (Å²) in [6.07, 6.45) is 6.65. The number of nitrogens with zero attached hydrogens (tertiary/aromatic N) is 3. The standard InChI is InChI=1S/C20H20BrN3O2S/c1-23-13-2-3-14(23)9-16(8-13)26-15-6-4-12(5-7-15)24-11-22-17-10-18(21)27-19(17)20(24)25/h4-7,10-11,13-14,16H,2-3,8-9H2,1H3/t13-,14+,16?. The van der Waals surface area contributed by atoms with Crippen LogP contribution in [0.25, 0.3) is 15.9 Å². The van der Waals surface area contributed by atoms with Crippen LogP contribution in [0.4, 0.5) is 0 Å². The maximum absolute atomic E-state index is 12.7. The maximum atomic E-state index is 12.7. The van der Waals surface area contributed by atoms with Crippen LogP contribution in [0.3, 0.4) is 0 Å². The molecule has 0 amide bonds. The van der Waals surface area contributed by atoms with Crippen LogP contribution in [0.15, 0.2) is 45.2 Å². The molecule has 2 aromatic heterocycles. The minimum Gasteiger partial charge on any atom is -0.490 e. The van der Waals surface area contributed by atoms with Crippen molar-refractivity contribution in [2.24, 2.45) is 0 Å². The number of benzene rings is 1. The van der Waals surface area contributed by atoms with E-state index < -0.39 is 0 Å². The van der Waals surface area contributed by atoms with Gasteiger partial charge in [-0.05, 0) is 79.0 Å². The van der Waals surface area contributed by atoms with Crippen molar-refractivity contribution in [3.8, 4) is 11.4 Å². The van der Waals surface area contributed by atoms with Crippen LogP contribution < -0.4 is 10.3 Å². The minimum atomic E-state index is -0.0451. The molecule has 2 aliphatic rings. The summed E-state index contributed by atoms with van der Waals surface area (Å²) in [6.45, 7) is 0. The third-order valence-electron chi connectivity index (χ3n) is 5.88. The lowest BCUT2D eigenvalue weighted by Crippen LogP contribution is -2.43. The molecule has 3 atom stereocenters. The fourth-order valence-electron chi connectivity index (χ4n) is 4.40. The molecule has 0 aliphatic carbocycles. The molecule has 1 unspecified atom stereocenters. The first-order chi connectivity index (χ1) is 13.1. The van der Waals surface area contributed by atoms with Gasteiger partial charge in [0.15, 0.2) is 0 Å². The van der Waals surface area contributed by atoms with E-state index in [1.165, 1.54) is 24.2 Å². The molecule has 2 saturated heterocycles. The number of fused-ring (bicyclic) bond motifs is 3.